The first kappa shape index (κ1) is 14.0. The van der Waals surface area contributed by atoms with E-state index in [9.17, 15) is 5.11 Å². The topological polar surface area (TPSA) is 87.3 Å². The van der Waals surface area contributed by atoms with Crippen molar-refractivity contribution in [2.75, 3.05) is 23.4 Å². The number of anilines is 2. The SMILES string of the molecule is CC(O)C1CCN(c2nc(NN)nc3ccccc23)CC1. The molecule has 21 heavy (non-hydrogen) atoms. The van der Waals surface area contributed by atoms with Gasteiger partial charge in [-0.05, 0) is 37.8 Å². The van der Waals surface area contributed by atoms with Gasteiger partial charge in [0.15, 0.2) is 0 Å². The summed E-state index contributed by atoms with van der Waals surface area (Å²) < 4.78 is 0. The Kier molecular flexibility index (Phi) is 3.90. The molecule has 0 spiro atoms. The number of nitrogens with one attached hydrogen (secondary N) is 1. The Labute approximate surface area is 124 Å². The third kappa shape index (κ3) is 2.77. The maximum absolute atomic E-state index is 9.72. The summed E-state index contributed by atoms with van der Waals surface area (Å²) in [5.41, 5.74) is 3.42. The molecule has 2 aromatic rings. The van der Waals surface area contributed by atoms with Crippen molar-refractivity contribution in [3.8, 4) is 0 Å². The predicted octanol–water partition coefficient (Wildman–Crippen LogP) is 1.51. The van der Waals surface area contributed by atoms with E-state index in [1.807, 2.05) is 31.2 Å². The number of rotatable bonds is 3. The Hall–Kier alpha value is -1.92. The highest BCUT2D eigenvalue weighted by molar-refractivity contribution is 5.90. The van der Waals surface area contributed by atoms with E-state index in [4.69, 9.17) is 5.84 Å². The lowest BCUT2D eigenvalue weighted by Gasteiger charge is -2.34. The van der Waals surface area contributed by atoms with E-state index in [1.165, 1.54) is 0 Å². The van der Waals surface area contributed by atoms with Crippen LogP contribution < -0.4 is 16.2 Å². The van der Waals surface area contributed by atoms with E-state index in [-0.39, 0.29) is 6.10 Å². The van der Waals surface area contributed by atoms with Crippen LogP contribution in [0.25, 0.3) is 10.9 Å². The standard InChI is InChI=1S/C15H21N5O/c1-10(21)11-6-8-20(9-7-11)14-12-4-2-3-5-13(12)17-15(18-14)19-16/h2-5,10-11,21H,6-9,16H2,1H3,(H,17,18,19). The minimum Gasteiger partial charge on any atom is -0.393 e. The summed E-state index contributed by atoms with van der Waals surface area (Å²) in [6, 6.07) is 7.95. The Morgan fingerprint density at radius 3 is 2.67 bits per heavy atom. The van der Waals surface area contributed by atoms with Crippen LogP contribution in [0.5, 0.6) is 0 Å². The van der Waals surface area contributed by atoms with Gasteiger partial charge in [-0.25, -0.2) is 10.8 Å². The molecule has 0 radical (unpaired) electrons. The average molecular weight is 287 g/mol. The van der Waals surface area contributed by atoms with Gasteiger partial charge in [-0.2, -0.15) is 4.98 Å². The summed E-state index contributed by atoms with van der Waals surface area (Å²) in [5.74, 6) is 7.20. The molecule has 1 saturated heterocycles. The molecule has 1 fully saturated rings. The van der Waals surface area contributed by atoms with Crippen molar-refractivity contribution in [3.05, 3.63) is 24.3 Å². The first-order valence-electron chi connectivity index (χ1n) is 7.35. The van der Waals surface area contributed by atoms with Gasteiger partial charge >= 0.3 is 0 Å². The zero-order chi connectivity index (χ0) is 14.8. The molecule has 1 aromatic carbocycles. The van der Waals surface area contributed by atoms with Crippen molar-refractivity contribution in [1.82, 2.24) is 9.97 Å². The van der Waals surface area contributed by atoms with E-state index in [1.54, 1.807) is 0 Å². The molecule has 1 unspecified atom stereocenters. The van der Waals surface area contributed by atoms with Gasteiger partial charge in [0.05, 0.1) is 11.6 Å². The number of aromatic nitrogens is 2. The number of nitrogens with zero attached hydrogens (tertiary/aromatic N) is 3. The summed E-state index contributed by atoms with van der Waals surface area (Å²) in [6.45, 7) is 3.65. The van der Waals surface area contributed by atoms with Gasteiger partial charge in [-0.15, -0.1) is 0 Å². The second-order valence-corrected chi connectivity index (χ2v) is 5.60. The second-order valence-electron chi connectivity index (χ2n) is 5.60. The Morgan fingerprint density at radius 2 is 2.00 bits per heavy atom. The molecule has 1 aliphatic heterocycles. The first-order chi connectivity index (χ1) is 10.2. The minimum absolute atomic E-state index is 0.240. The number of piperidine rings is 1. The Morgan fingerprint density at radius 1 is 1.29 bits per heavy atom. The normalized spacial score (nSPS) is 18.0. The van der Waals surface area contributed by atoms with Crippen molar-refractivity contribution >= 4 is 22.7 Å². The van der Waals surface area contributed by atoms with Crippen LogP contribution in [0.1, 0.15) is 19.8 Å². The van der Waals surface area contributed by atoms with Crippen LogP contribution in [-0.4, -0.2) is 34.3 Å². The lowest BCUT2D eigenvalue weighted by atomic mass is 9.92. The molecule has 1 aromatic heterocycles. The Balaban J connectivity index is 1.93. The quantitative estimate of drug-likeness (QED) is 0.586. The van der Waals surface area contributed by atoms with Crippen LogP contribution in [0, 0.1) is 5.92 Å². The zero-order valence-electron chi connectivity index (χ0n) is 12.2. The molecule has 4 N–H and O–H groups in total. The van der Waals surface area contributed by atoms with Crippen molar-refractivity contribution in [1.29, 1.82) is 0 Å². The molecule has 0 bridgehead atoms. The molecular formula is C15H21N5O. The number of nitrogens with two attached hydrogens (primary N) is 1. The molecule has 0 aliphatic carbocycles. The third-order valence-corrected chi connectivity index (χ3v) is 4.23. The molecule has 1 atom stereocenters. The van der Waals surface area contributed by atoms with Gasteiger partial charge in [0.2, 0.25) is 5.95 Å². The molecule has 0 saturated carbocycles. The number of aliphatic hydroxyl groups excluding tert-OH is 1. The highest BCUT2D eigenvalue weighted by Crippen LogP contribution is 2.29. The fourth-order valence-corrected chi connectivity index (χ4v) is 2.96. The molecule has 112 valence electrons. The largest absolute Gasteiger partial charge is 0.393 e. The van der Waals surface area contributed by atoms with E-state index in [2.05, 4.69) is 20.3 Å². The second kappa shape index (κ2) is 5.83. The summed E-state index contributed by atoms with van der Waals surface area (Å²) in [5, 5.41) is 10.8. The fourth-order valence-electron chi connectivity index (χ4n) is 2.96. The van der Waals surface area contributed by atoms with E-state index in [0.29, 0.717) is 11.9 Å². The molecule has 1 aliphatic rings. The number of hydrogen-bond donors (Lipinski definition) is 3. The van der Waals surface area contributed by atoms with Gasteiger partial charge < -0.3 is 10.0 Å². The van der Waals surface area contributed by atoms with Crippen LogP contribution in [-0.2, 0) is 0 Å². The van der Waals surface area contributed by atoms with Crippen molar-refractivity contribution in [2.24, 2.45) is 11.8 Å². The Bertz CT molecular complexity index is 622. The van der Waals surface area contributed by atoms with Gasteiger partial charge in [0.1, 0.15) is 5.82 Å². The number of fused-ring (bicyclic) bond motifs is 1. The molecule has 0 amide bonds. The monoisotopic (exact) mass is 287 g/mol. The summed E-state index contributed by atoms with van der Waals surface area (Å²) in [4.78, 5) is 11.2. The average Bonchev–Trinajstić information content (AvgIpc) is 2.53. The van der Waals surface area contributed by atoms with E-state index in [0.717, 1.165) is 42.7 Å². The fraction of sp³-hybridized carbons (Fsp3) is 0.467. The van der Waals surface area contributed by atoms with Crippen molar-refractivity contribution in [2.45, 2.75) is 25.9 Å². The van der Waals surface area contributed by atoms with Crippen LogP contribution in [0.3, 0.4) is 0 Å². The van der Waals surface area contributed by atoms with Crippen LogP contribution in [0.4, 0.5) is 11.8 Å². The molecular weight excluding hydrogens is 266 g/mol. The van der Waals surface area contributed by atoms with E-state index >= 15 is 0 Å². The number of hydrazine groups is 1. The first-order valence-corrected chi connectivity index (χ1v) is 7.35. The number of benzene rings is 1. The van der Waals surface area contributed by atoms with Gasteiger partial charge in [-0.1, -0.05) is 12.1 Å². The van der Waals surface area contributed by atoms with Crippen LogP contribution in [0.15, 0.2) is 24.3 Å². The van der Waals surface area contributed by atoms with Crippen LogP contribution in [0.2, 0.25) is 0 Å². The lowest BCUT2D eigenvalue weighted by molar-refractivity contribution is 0.110. The van der Waals surface area contributed by atoms with Gasteiger partial charge in [-0.3, -0.25) is 5.43 Å². The zero-order valence-corrected chi connectivity index (χ0v) is 12.2. The van der Waals surface area contributed by atoms with E-state index < -0.39 is 0 Å². The molecule has 6 nitrogen and oxygen atoms in total. The number of para-hydroxylation sites is 1. The summed E-state index contributed by atoms with van der Waals surface area (Å²) in [7, 11) is 0. The predicted molar refractivity (Wildman–Crippen MR) is 84.0 cm³/mol. The molecule has 2 heterocycles. The van der Waals surface area contributed by atoms with Crippen molar-refractivity contribution < 1.29 is 5.11 Å². The number of aliphatic hydroxyl groups is 1. The number of nitrogen functional groups attached to an aromatic ring is 1. The summed E-state index contributed by atoms with van der Waals surface area (Å²) >= 11 is 0. The van der Waals surface area contributed by atoms with Crippen molar-refractivity contribution in [3.63, 3.8) is 0 Å². The summed E-state index contributed by atoms with van der Waals surface area (Å²) in [6.07, 6.45) is 1.71. The maximum Gasteiger partial charge on any atom is 0.239 e. The minimum atomic E-state index is -0.240. The molecule has 6 heteroatoms. The molecule has 3 rings (SSSR count). The van der Waals surface area contributed by atoms with Crippen LogP contribution >= 0.6 is 0 Å². The highest BCUT2D eigenvalue weighted by Gasteiger charge is 2.24. The third-order valence-electron chi connectivity index (χ3n) is 4.23. The van der Waals surface area contributed by atoms with Gasteiger partial charge in [0, 0.05) is 18.5 Å². The maximum atomic E-state index is 9.72. The lowest BCUT2D eigenvalue weighted by Crippen LogP contribution is -2.37. The smallest absolute Gasteiger partial charge is 0.239 e. The highest BCUT2D eigenvalue weighted by atomic mass is 16.3. The number of hydrogen-bond acceptors (Lipinski definition) is 6. The van der Waals surface area contributed by atoms with Gasteiger partial charge in [0.25, 0.3) is 0 Å².